The van der Waals surface area contributed by atoms with Gasteiger partial charge in [0.15, 0.2) is 5.78 Å². The Kier molecular flexibility index (Phi) is 20.8. The second-order valence-corrected chi connectivity index (χ2v) is 19.4. The molecule has 1 amide bonds. The molecule has 14 atom stereocenters. The molecular formula is C51H79NO12. The molecule has 4 aliphatic rings. The highest BCUT2D eigenvalue weighted by Crippen LogP contribution is 2.38. The molecule has 2 N–H and O–H groups in total. The molecule has 1 aliphatic carbocycles. The molecule has 3 heterocycles. The fourth-order valence-corrected chi connectivity index (χ4v) is 10.0. The zero-order chi connectivity index (χ0) is 47.3. The number of cyclic esters (lactones) is 1. The summed E-state index contributed by atoms with van der Waals surface area (Å²) >= 11 is 0. The molecule has 1 saturated carbocycles. The highest BCUT2D eigenvalue weighted by atomic mass is 16.5. The van der Waals surface area contributed by atoms with Gasteiger partial charge in [0.05, 0.1) is 24.4 Å². The summed E-state index contributed by atoms with van der Waals surface area (Å²) in [5.74, 6) is -3.77. The lowest BCUT2D eigenvalue weighted by Crippen LogP contribution is -2.59. The standard InChI is InChI=1S/C51H79NO12/c1-31-16-12-11-13-17-32(2)43(60-8)30-39-22-19-36(6)51(7,64-39)48(57)49(58)52-25-15-14-18-40(52)50(59)63-38(23-20-37-21-24-41(53)44(28-37)61-9)29-42(54)33(3)27-35(5)46(56)47(62-10)45(55)34(4)26-31/h11-13,16-17,27,31,33-34,36-41,43-44,46-47,53,56H,14-15,18-26,28-30H2,1-10H3/b13-11?,16-12+,32-17?,35-27+/t31-,33-,34-,36-,37-,38-,39+,40+,41-,43+,44-,46-,47+,51-/m1/s1. The van der Waals surface area contributed by atoms with Crippen molar-refractivity contribution in [2.75, 3.05) is 27.9 Å². The lowest BCUT2D eigenvalue weighted by atomic mass is 9.78. The lowest BCUT2D eigenvalue weighted by Gasteiger charge is -2.44. The van der Waals surface area contributed by atoms with Gasteiger partial charge in [0.1, 0.15) is 35.7 Å². The monoisotopic (exact) mass is 898 g/mol. The van der Waals surface area contributed by atoms with Gasteiger partial charge in [-0.15, -0.1) is 0 Å². The second kappa shape index (κ2) is 25.0. The highest BCUT2D eigenvalue weighted by Gasteiger charge is 2.51. The zero-order valence-corrected chi connectivity index (χ0v) is 40.3. The SMILES string of the molecule is CO[C@H]1C[C@@H]2CC[C@@H](C)[C@@](C)(O2)C(=O)C(=O)N2CCCC[C@H]2C(=O)O[C@H](CC[C@@H]2CC[C@@H](O)[C@H](OC)C2)CC(=O)[C@H](C)/C=C(\C)[C@@H](O)[C@@H](OC)C(=O)[C@H](C)C[C@H](C)/C=C/C=CC=C1C. The van der Waals surface area contributed by atoms with Crippen LogP contribution < -0.4 is 0 Å². The van der Waals surface area contributed by atoms with Crippen LogP contribution in [0, 0.1) is 29.6 Å². The maximum Gasteiger partial charge on any atom is 0.329 e. The number of carbonyl (C=O) groups excluding carboxylic acids is 5. The van der Waals surface area contributed by atoms with E-state index in [0.29, 0.717) is 76.2 Å². The van der Waals surface area contributed by atoms with Crippen molar-refractivity contribution in [2.24, 2.45) is 29.6 Å². The van der Waals surface area contributed by atoms with Crippen LogP contribution in [0.1, 0.15) is 132 Å². The molecule has 360 valence electrons. The van der Waals surface area contributed by atoms with Crippen molar-refractivity contribution >= 4 is 29.2 Å². The molecule has 13 heteroatoms. The van der Waals surface area contributed by atoms with E-state index in [1.54, 1.807) is 41.1 Å². The van der Waals surface area contributed by atoms with Crippen molar-refractivity contribution in [3.05, 3.63) is 47.6 Å². The minimum absolute atomic E-state index is 0.0454. The fourth-order valence-electron chi connectivity index (χ4n) is 10.0. The summed E-state index contributed by atoms with van der Waals surface area (Å²) in [6, 6.07) is -1.02. The minimum Gasteiger partial charge on any atom is -0.460 e. The molecule has 64 heavy (non-hydrogen) atoms. The number of allylic oxidation sites excluding steroid dienone is 6. The van der Waals surface area contributed by atoms with Crippen LogP contribution >= 0.6 is 0 Å². The summed E-state index contributed by atoms with van der Waals surface area (Å²) in [5, 5.41) is 21.8. The fraction of sp³-hybridized carbons (Fsp3) is 0.745. The number of amides is 1. The van der Waals surface area contributed by atoms with Gasteiger partial charge in [-0.05, 0) is 120 Å². The molecule has 4 rings (SSSR count). The first-order valence-electron chi connectivity index (χ1n) is 23.8. The van der Waals surface area contributed by atoms with E-state index < -0.39 is 65.6 Å². The van der Waals surface area contributed by atoms with Crippen molar-refractivity contribution in [3.8, 4) is 0 Å². The first kappa shape index (κ1) is 53.3. The number of piperidine rings is 1. The molecule has 0 aromatic heterocycles. The van der Waals surface area contributed by atoms with Gasteiger partial charge >= 0.3 is 5.97 Å². The Labute approximate surface area is 382 Å². The molecule has 2 bridgehead atoms. The smallest absolute Gasteiger partial charge is 0.329 e. The zero-order valence-electron chi connectivity index (χ0n) is 40.3. The number of hydrogen-bond donors (Lipinski definition) is 2. The Bertz CT molecular complexity index is 1720. The number of nitrogens with zero attached hydrogens (tertiary/aromatic N) is 1. The number of aliphatic hydroxyl groups excluding tert-OH is 2. The van der Waals surface area contributed by atoms with Gasteiger partial charge < -0.3 is 38.8 Å². The Hall–Kier alpha value is -3.33. The number of ketones is 3. The number of carbonyl (C=O) groups is 5. The van der Waals surface area contributed by atoms with Crippen molar-refractivity contribution < 1.29 is 57.9 Å². The van der Waals surface area contributed by atoms with E-state index >= 15 is 0 Å². The molecule has 0 aromatic rings. The van der Waals surface area contributed by atoms with Crippen LogP contribution in [0.2, 0.25) is 0 Å². The predicted octanol–water partition coefficient (Wildman–Crippen LogP) is 7.00. The number of rotatable bonds is 6. The van der Waals surface area contributed by atoms with Crippen LogP contribution in [0.15, 0.2) is 47.6 Å². The quantitative estimate of drug-likeness (QED) is 0.159. The van der Waals surface area contributed by atoms with E-state index in [1.807, 2.05) is 58.1 Å². The molecular weight excluding hydrogens is 819 g/mol. The number of methoxy groups -OCH3 is 3. The minimum atomic E-state index is -1.42. The summed E-state index contributed by atoms with van der Waals surface area (Å²) in [7, 11) is 4.61. The van der Waals surface area contributed by atoms with Crippen LogP contribution in [-0.4, -0.2) is 127 Å². The average molecular weight is 898 g/mol. The highest BCUT2D eigenvalue weighted by molar-refractivity contribution is 6.39. The predicted molar refractivity (Wildman–Crippen MR) is 244 cm³/mol. The van der Waals surface area contributed by atoms with Crippen molar-refractivity contribution in [3.63, 3.8) is 0 Å². The topological polar surface area (TPSA) is 175 Å². The maximum absolute atomic E-state index is 14.4. The Morgan fingerprint density at radius 2 is 1.55 bits per heavy atom. The van der Waals surface area contributed by atoms with E-state index in [1.165, 1.54) is 12.0 Å². The summed E-state index contributed by atoms with van der Waals surface area (Å²) < 4.78 is 29.8. The summed E-state index contributed by atoms with van der Waals surface area (Å²) in [5.41, 5.74) is -0.0517. The van der Waals surface area contributed by atoms with Crippen molar-refractivity contribution in [2.45, 2.75) is 186 Å². The van der Waals surface area contributed by atoms with Crippen LogP contribution in [-0.2, 0) is 47.7 Å². The molecule has 0 radical (unpaired) electrons. The number of aliphatic hydroxyl groups is 2. The maximum atomic E-state index is 14.4. The third-order valence-electron chi connectivity index (χ3n) is 14.5. The number of fused-ring (bicyclic) bond motifs is 3. The largest absolute Gasteiger partial charge is 0.460 e. The number of esters is 1. The summed E-state index contributed by atoms with van der Waals surface area (Å²) in [6.45, 7) is 13.0. The van der Waals surface area contributed by atoms with Gasteiger partial charge in [-0.3, -0.25) is 19.2 Å². The van der Waals surface area contributed by atoms with Crippen molar-refractivity contribution in [1.82, 2.24) is 4.90 Å². The first-order valence-corrected chi connectivity index (χ1v) is 23.8. The lowest BCUT2D eigenvalue weighted by molar-refractivity contribution is -0.184. The summed E-state index contributed by atoms with van der Waals surface area (Å²) in [6.07, 6.45) is 13.4. The Morgan fingerprint density at radius 1 is 0.812 bits per heavy atom. The van der Waals surface area contributed by atoms with E-state index in [-0.39, 0.29) is 60.6 Å². The van der Waals surface area contributed by atoms with Gasteiger partial charge in [0.25, 0.3) is 11.7 Å². The molecule has 2 saturated heterocycles. The molecule has 0 aromatic carbocycles. The Morgan fingerprint density at radius 3 is 2.23 bits per heavy atom. The van der Waals surface area contributed by atoms with E-state index in [9.17, 15) is 34.2 Å². The van der Waals surface area contributed by atoms with E-state index in [4.69, 9.17) is 23.7 Å². The van der Waals surface area contributed by atoms with E-state index in [2.05, 4.69) is 0 Å². The van der Waals surface area contributed by atoms with Gasteiger partial charge in [0, 0.05) is 52.6 Å². The van der Waals surface area contributed by atoms with Crippen LogP contribution in [0.4, 0.5) is 0 Å². The van der Waals surface area contributed by atoms with Crippen molar-refractivity contribution in [1.29, 1.82) is 0 Å². The number of hydrogen-bond acceptors (Lipinski definition) is 12. The molecule has 3 fully saturated rings. The number of ether oxygens (including phenoxy) is 5. The van der Waals surface area contributed by atoms with Crippen LogP contribution in [0.25, 0.3) is 0 Å². The average Bonchev–Trinajstić information content (AvgIpc) is 3.27. The van der Waals surface area contributed by atoms with Gasteiger partial charge in [0.2, 0.25) is 0 Å². The summed E-state index contributed by atoms with van der Waals surface area (Å²) in [4.78, 5) is 72.0. The van der Waals surface area contributed by atoms with Gasteiger partial charge in [-0.1, -0.05) is 64.2 Å². The van der Waals surface area contributed by atoms with Crippen LogP contribution in [0.5, 0.6) is 0 Å². The molecule has 0 unspecified atom stereocenters. The molecule has 3 aliphatic heterocycles. The second-order valence-electron chi connectivity index (χ2n) is 19.4. The van der Waals surface area contributed by atoms with Gasteiger partial charge in [-0.2, -0.15) is 0 Å². The van der Waals surface area contributed by atoms with E-state index in [0.717, 1.165) is 12.0 Å². The Balaban J connectivity index is 1.67. The third-order valence-corrected chi connectivity index (χ3v) is 14.5. The number of Topliss-reactive ketones (excluding diaryl/α,β-unsaturated/α-hetero) is 3. The molecule has 0 spiro atoms. The normalized spacial score (nSPS) is 39.0. The third kappa shape index (κ3) is 14.1. The van der Waals surface area contributed by atoms with Crippen LogP contribution in [0.3, 0.4) is 0 Å². The molecule has 13 nitrogen and oxygen atoms in total. The van der Waals surface area contributed by atoms with Gasteiger partial charge in [-0.25, -0.2) is 4.79 Å². The first-order chi connectivity index (χ1) is 30.3.